The minimum Gasteiger partial charge on any atom is -0.379 e. The summed E-state index contributed by atoms with van der Waals surface area (Å²) in [6, 6.07) is 0. The number of nitrogens with zero attached hydrogens (tertiary/aromatic N) is 3. The maximum absolute atomic E-state index is 11.8. The Morgan fingerprint density at radius 3 is 2.95 bits per heavy atom. The van der Waals surface area contributed by atoms with E-state index in [4.69, 9.17) is 4.74 Å². The van der Waals surface area contributed by atoms with E-state index in [-0.39, 0.29) is 5.91 Å². The molecule has 1 aromatic heterocycles. The van der Waals surface area contributed by atoms with Crippen molar-refractivity contribution in [1.82, 2.24) is 20.2 Å². The minimum atomic E-state index is -0.165. The fraction of sp³-hybridized carbons (Fsp3) is 0.615. The molecule has 1 aliphatic rings. The average molecular weight is 264 g/mol. The third-order valence-electron chi connectivity index (χ3n) is 3.08. The van der Waals surface area contributed by atoms with Crippen molar-refractivity contribution in [2.75, 3.05) is 39.4 Å². The second kappa shape index (κ2) is 7.16. The van der Waals surface area contributed by atoms with Crippen LogP contribution in [0.1, 0.15) is 17.4 Å². The lowest BCUT2D eigenvalue weighted by Gasteiger charge is -2.29. The summed E-state index contributed by atoms with van der Waals surface area (Å²) >= 11 is 0. The predicted octanol–water partition coefficient (Wildman–Crippen LogP) is 0.175. The molecule has 6 heteroatoms. The van der Waals surface area contributed by atoms with E-state index in [1.807, 2.05) is 0 Å². The standard InChI is InChI=1S/C13H20N4O2/c1-11(10-17-4-6-19-7-5-17)8-16-13(18)12-9-14-2-3-15-12/h2-3,9,11H,4-8,10H2,1H3,(H,16,18). The van der Waals surface area contributed by atoms with Crippen molar-refractivity contribution in [3.63, 3.8) is 0 Å². The summed E-state index contributed by atoms with van der Waals surface area (Å²) in [6.07, 6.45) is 4.55. The lowest BCUT2D eigenvalue weighted by Crippen LogP contribution is -2.41. The second-order valence-corrected chi connectivity index (χ2v) is 4.82. The topological polar surface area (TPSA) is 67.4 Å². The molecule has 6 nitrogen and oxygen atoms in total. The number of nitrogens with one attached hydrogen (secondary N) is 1. The van der Waals surface area contributed by atoms with E-state index < -0.39 is 0 Å². The van der Waals surface area contributed by atoms with Gasteiger partial charge in [-0.15, -0.1) is 0 Å². The zero-order chi connectivity index (χ0) is 13.5. The summed E-state index contributed by atoms with van der Waals surface area (Å²) in [5.74, 6) is 0.237. The predicted molar refractivity (Wildman–Crippen MR) is 70.8 cm³/mol. The van der Waals surface area contributed by atoms with Crippen LogP contribution in [0.3, 0.4) is 0 Å². The van der Waals surface area contributed by atoms with Crippen molar-refractivity contribution < 1.29 is 9.53 Å². The summed E-state index contributed by atoms with van der Waals surface area (Å²) in [5, 5.41) is 2.89. The van der Waals surface area contributed by atoms with E-state index in [9.17, 15) is 4.79 Å². The molecule has 0 aromatic carbocycles. The van der Waals surface area contributed by atoms with Crippen LogP contribution >= 0.6 is 0 Å². The van der Waals surface area contributed by atoms with Gasteiger partial charge in [-0.05, 0) is 5.92 Å². The molecular weight excluding hydrogens is 244 g/mol. The largest absolute Gasteiger partial charge is 0.379 e. The van der Waals surface area contributed by atoms with E-state index in [1.165, 1.54) is 12.4 Å². The zero-order valence-corrected chi connectivity index (χ0v) is 11.2. The molecule has 1 saturated heterocycles. The highest BCUT2D eigenvalue weighted by atomic mass is 16.5. The quantitative estimate of drug-likeness (QED) is 0.821. The van der Waals surface area contributed by atoms with Crippen molar-refractivity contribution in [2.45, 2.75) is 6.92 Å². The Hall–Kier alpha value is -1.53. The van der Waals surface area contributed by atoms with E-state index in [0.29, 0.717) is 18.2 Å². The molecule has 1 fully saturated rings. The first kappa shape index (κ1) is 13.9. The second-order valence-electron chi connectivity index (χ2n) is 4.82. The van der Waals surface area contributed by atoms with Gasteiger partial charge in [0.25, 0.3) is 5.91 Å². The van der Waals surface area contributed by atoms with E-state index in [0.717, 1.165) is 32.8 Å². The van der Waals surface area contributed by atoms with Gasteiger partial charge in [-0.1, -0.05) is 6.92 Å². The van der Waals surface area contributed by atoms with E-state index >= 15 is 0 Å². The van der Waals surface area contributed by atoms with Crippen molar-refractivity contribution >= 4 is 5.91 Å². The van der Waals surface area contributed by atoms with Gasteiger partial charge in [-0.25, -0.2) is 4.98 Å². The van der Waals surface area contributed by atoms with Crippen molar-refractivity contribution in [3.05, 3.63) is 24.3 Å². The zero-order valence-electron chi connectivity index (χ0n) is 11.2. The maximum Gasteiger partial charge on any atom is 0.271 e. The molecule has 1 aromatic rings. The Bertz CT molecular complexity index is 393. The maximum atomic E-state index is 11.8. The van der Waals surface area contributed by atoms with Gasteiger partial charge in [-0.2, -0.15) is 0 Å². The third-order valence-corrected chi connectivity index (χ3v) is 3.08. The van der Waals surface area contributed by atoms with Crippen LogP contribution in [-0.4, -0.2) is 60.2 Å². The third kappa shape index (κ3) is 4.57. The molecule has 0 saturated carbocycles. The van der Waals surface area contributed by atoms with Gasteiger partial charge < -0.3 is 10.1 Å². The molecule has 0 bridgehead atoms. The lowest BCUT2D eigenvalue weighted by atomic mass is 10.1. The monoisotopic (exact) mass is 264 g/mol. The van der Waals surface area contributed by atoms with Gasteiger partial charge in [0, 0.05) is 38.6 Å². The molecule has 1 atom stereocenters. The number of rotatable bonds is 5. The molecular formula is C13H20N4O2. The van der Waals surface area contributed by atoms with Crippen LogP contribution in [0.15, 0.2) is 18.6 Å². The lowest BCUT2D eigenvalue weighted by molar-refractivity contribution is 0.0317. The van der Waals surface area contributed by atoms with Crippen LogP contribution in [0.25, 0.3) is 0 Å². The van der Waals surface area contributed by atoms with Crippen LogP contribution < -0.4 is 5.32 Å². The summed E-state index contributed by atoms with van der Waals surface area (Å²) < 4.78 is 5.31. The van der Waals surface area contributed by atoms with Crippen LogP contribution in [0.2, 0.25) is 0 Å². The Morgan fingerprint density at radius 1 is 1.47 bits per heavy atom. The minimum absolute atomic E-state index is 0.165. The normalized spacial score (nSPS) is 17.9. The first-order valence-corrected chi connectivity index (χ1v) is 6.60. The molecule has 2 heterocycles. The molecule has 1 N–H and O–H groups in total. The van der Waals surface area contributed by atoms with Crippen LogP contribution in [0.4, 0.5) is 0 Å². The van der Waals surface area contributed by atoms with Crippen molar-refractivity contribution in [2.24, 2.45) is 5.92 Å². The summed E-state index contributed by atoms with van der Waals surface area (Å²) in [4.78, 5) is 22.0. The number of morpholine rings is 1. The van der Waals surface area contributed by atoms with Crippen molar-refractivity contribution in [1.29, 1.82) is 0 Å². The molecule has 0 aliphatic carbocycles. The smallest absolute Gasteiger partial charge is 0.271 e. The summed E-state index contributed by atoms with van der Waals surface area (Å²) in [5.41, 5.74) is 0.362. The highest BCUT2D eigenvalue weighted by Gasteiger charge is 2.15. The van der Waals surface area contributed by atoms with Crippen LogP contribution in [0.5, 0.6) is 0 Å². The molecule has 1 aliphatic heterocycles. The highest BCUT2D eigenvalue weighted by molar-refractivity contribution is 5.91. The Morgan fingerprint density at radius 2 is 2.26 bits per heavy atom. The van der Waals surface area contributed by atoms with Crippen molar-refractivity contribution in [3.8, 4) is 0 Å². The van der Waals surface area contributed by atoms with Gasteiger partial charge in [-0.3, -0.25) is 14.7 Å². The van der Waals surface area contributed by atoms with Gasteiger partial charge in [0.15, 0.2) is 0 Å². The number of ether oxygens (including phenoxy) is 1. The molecule has 2 rings (SSSR count). The first-order chi connectivity index (χ1) is 9.25. The van der Waals surface area contributed by atoms with Gasteiger partial charge in [0.05, 0.1) is 19.4 Å². The number of hydrogen-bond donors (Lipinski definition) is 1. The molecule has 1 amide bonds. The summed E-state index contributed by atoms with van der Waals surface area (Å²) in [6.45, 7) is 7.31. The number of carbonyl (C=O) groups excluding carboxylic acids is 1. The average Bonchev–Trinajstić information content (AvgIpc) is 2.47. The Labute approximate surface area is 113 Å². The van der Waals surface area contributed by atoms with Crippen LogP contribution in [0, 0.1) is 5.92 Å². The Balaban J connectivity index is 1.71. The molecule has 0 radical (unpaired) electrons. The Kier molecular flexibility index (Phi) is 5.23. The number of amides is 1. The van der Waals surface area contributed by atoms with Gasteiger partial charge >= 0.3 is 0 Å². The molecule has 1 unspecified atom stereocenters. The number of hydrogen-bond acceptors (Lipinski definition) is 5. The van der Waals surface area contributed by atoms with E-state index in [1.54, 1.807) is 6.20 Å². The fourth-order valence-electron chi connectivity index (χ4n) is 2.06. The van der Waals surface area contributed by atoms with Gasteiger partial charge in [0.1, 0.15) is 5.69 Å². The molecule has 0 spiro atoms. The molecule has 19 heavy (non-hydrogen) atoms. The number of aromatic nitrogens is 2. The highest BCUT2D eigenvalue weighted by Crippen LogP contribution is 2.03. The first-order valence-electron chi connectivity index (χ1n) is 6.60. The van der Waals surface area contributed by atoms with Crippen LogP contribution in [-0.2, 0) is 4.74 Å². The fourth-order valence-corrected chi connectivity index (χ4v) is 2.06. The summed E-state index contributed by atoms with van der Waals surface area (Å²) in [7, 11) is 0. The SMILES string of the molecule is CC(CNC(=O)c1cnccn1)CN1CCOCC1. The number of carbonyl (C=O) groups is 1. The molecule has 104 valence electrons. The van der Waals surface area contributed by atoms with E-state index in [2.05, 4.69) is 27.1 Å². The van der Waals surface area contributed by atoms with Gasteiger partial charge in [0.2, 0.25) is 0 Å².